The molecule has 0 spiro atoms. The van der Waals surface area contributed by atoms with E-state index in [4.69, 9.17) is 10.5 Å². The van der Waals surface area contributed by atoms with Gasteiger partial charge in [0.1, 0.15) is 5.00 Å². The third-order valence-electron chi connectivity index (χ3n) is 4.94. The van der Waals surface area contributed by atoms with Gasteiger partial charge in [-0.25, -0.2) is 4.79 Å². The molecule has 3 rings (SSSR count). The van der Waals surface area contributed by atoms with Gasteiger partial charge >= 0.3 is 5.97 Å². The van der Waals surface area contributed by atoms with Crippen LogP contribution in [0.3, 0.4) is 0 Å². The lowest BCUT2D eigenvalue weighted by molar-refractivity contribution is -0.142. The third-order valence-corrected chi connectivity index (χ3v) is 6.11. The molecule has 2 amide bonds. The number of benzene rings is 1. The van der Waals surface area contributed by atoms with E-state index in [-0.39, 0.29) is 0 Å². The maximum Gasteiger partial charge on any atom is 0.331 e. The zero-order valence-electron chi connectivity index (χ0n) is 16.5. The number of primary amides is 1. The Hall–Kier alpha value is -2.93. The van der Waals surface area contributed by atoms with Crippen molar-refractivity contribution < 1.29 is 19.1 Å². The molecule has 2 aromatic rings. The predicted molar refractivity (Wildman–Crippen MR) is 114 cm³/mol. The molecule has 0 aliphatic heterocycles. The van der Waals surface area contributed by atoms with E-state index in [0.717, 1.165) is 40.8 Å². The fourth-order valence-electron chi connectivity index (χ4n) is 3.38. The molecular formula is C22H24N2O4S. The first-order chi connectivity index (χ1) is 13.8. The predicted octanol–water partition coefficient (Wildman–Crippen LogP) is 3.48. The van der Waals surface area contributed by atoms with Crippen molar-refractivity contribution in [3.63, 3.8) is 0 Å². The minimum Gasteiger partial charge on any atom is -0.452 e. The molecule has 0 radical (unpaired) electrons. The summed E-state index contributed by atoms with van der Waals surface area (Å²) in [6.45, 7) is 3.67. The number of anilines is 1. The molecule has 29 heavy (non-hydrogen) atoms. The van der Waals surface area contributed by atoms with Gasteiger partial charge in [0.15, 0.2) is 6.61 Å². The van der Waals surface area contributed by atoms with Gasteiger partial charge in [-0.05, 0) is 54.9 Å². The van der Waals surface area contributed by atoms with Crippen molar-refractivity contribution in [1.82, 2.24) is 0 Å². The second kappa shape index (κ2) is 9.05. The van der Waals surface area contributed by atoms with E-state index in [1.165, 1.54) is 17.4 Å². The van der Waals surface area contributed by atoms with Crippen LogP contribution >= 0.6 is 11.3 Å². The van der Waals surface area contributed by atoms with Gasteiger partial charge < -0.3 is 15.8 Å². The minimum absolute atomic E-state index is 0.385. The zero-order chi connectivity index (χ0) is 21.0. The van der Waals surface area contributed by atoms with Crippen molar-refractivity contribution in [2.24, 2.45) is 11.7 Å². The quantitative estimate of drug-likeness (QED) is 0.561. The summed E-state index contributed by atoms with van der Waals surface area (Å²) in [5.74, 6) is -1.13. The fraction of sp³-hybridized carbons (Fsp3) is 0.318. The van der Waals surface area contributed by atoms with Crippen molar-refractivity contribution in [2.45, 2.75) is 33.1 Å². The van der Waals surface area contributed by atoms with Crippen molar-refractivity contribution in [3.8, 4) is 0 Å². The molecule has 1 atom stereocenters. The second-order valence-electron chi connectivity index (χ2n) is 7.27. The number of rotatable bonds is 6. The monoisotopic (exact) mass is 412 g/mol. The molecule has 3 N–H and O–H groups in total. The smallest absolute Gasteiger partial charge is 0.331 e. The molecule has 0 fully saturated rings. The zero-order valence-corrected chi connectivity index (χ0v) is 17.3. The van der Waals surface area contributed by atoms with Crippen LogP contribution in [0.1, 0.15) is 45.3 Å². The molecule has 7 heteroatoms. The van der Waals surface area contributed by atoms with E-state index in [1.54, 1.807) is 6.08 Å². The van der Waals surface area contributed by atoms with Gasteiger partial charge in [-0.2, -0.15) is 0 Å². The van der Waals surface area contributed by atoms with Crippen LogP contribution in [-0.2, 0) is 27.2 Å². The molecule has 152 valence electrons. The number of hydrogen-bond donors (Lipinski definition) is 2. The average molecular weight is 413 g/mol. The van der Waals surface area contributed by atoms with Gasteiger partial charge in [0.05, 0.1) is 5.56 Å². The summed E-state index contributed by atoms with van der Waals surface area (Å²) in [5.41, 5.74) is 8.80. The van der Waals surface area contributed by atoms with Gasteiger partial charge in [-0.3, -0.25) is 9.59 Å². The van der Waals surface area contributed by atoms with Crippen LogP contribution in [0.5, 0.6) is 0 Å². The van der Waals surface area contributed by atoms with Gasteiger partial charge in [0, 0.05) is 11.0 Å². The topological polar surface area (TPSA) is 98.5 Å². The number of ether oxygens (including phenoxy) is 1. The first kappa shape index (κ1) is 20.8. The molecule has 1 heterocycles. The maximum atomic E-state index is 12.2. The van der Waals surface area contributed by atoms with Crippen molar-refractivity contribution in [1.29, 1.82) is 0 Å². The first-order valence-electron chi connectivity index (χ1n) is 9.49. The Balaban J connectivity index is 1.60. The molecule has 0 saturated carbocycles. The Morgan fingerprint density at radius 1 is 1.31 bits per heavy atom. The van der Waals surface area contributed by atoms with Crippen molar-refractivity contribution >= 4 is 40.2 Å². The summed E-state index contributed by atoms with van der Waals surface area (Å²) in [6.07, 6.45) is 5.57. The molecule has 1 aliphatic rings. The van der Waals surface area contributed by atoms with Crippen molar-refractivity contribution in [3.05, 3.63) is 57.5 Å². The van der Waals surface area contributed by atoms with Gasteiger partial charge in [-0.15, -0.1) is 11.3 Å². The molecule has 0 saturated heterocycles. The maximum absolute atomic E-state index is 12.2. The normalized spacial score (nSPS) is 15.7. The molecule has 0 bridgehead atoms. The average Bonchev–Trinajstić information content (AvgIpc) is 3.02. The Bertz CT molecular complexity index is 977. The van der Waals surface area contributed by atoms with Crippen LogP contribution in [0.15, 0.2) is 30.3 Å². The standard InChI is InChI=1S/C22H24N2O4S/c1-13-7-9-16-17(11-13)29-22(20(16)21(23)27)24-18(25)12-28-19(26)10-8-15-6-4-3-5-14(15)2/h3-6,8,10,13H,7,9,11-12H2,1-2H3,(H2,23,27)(H,24,25)/b10-8+/t13-/m0/s1. The SMILES string of the molecule is Cc1ccccc1/C=C/C(=O)OCC(=O)Nc1sc2c(c1C(N)=O)CC[C@H](C)C2. The number of carbonyl (C=O) groups is 3. The highest BCUT2D eigenvalue weighted by atomic mass is 32.1. The van der Waals surface area contributed by atoms with Crippen LogP contribution in [0.2, 0.25) is 0 Å². The van der Waals surface area contributed by atoms with Crippen LogP contribution in [0.25, 0.3) is 6.08 Å². The van der Waals surface area contributed by atoms with E-state index in [1.807, 2.05) is 31.2 Å². The Labute approximate surface area is 173 Å². The molecule has 1 aromatic heterocycles. The number of aryl methyl sites for hydroxylation is 1. The highest BCUT2D eigenvalue weighted by Crippen LogP contribution is 2.39. The minimum atomic E-state index is -0.613. The first-order valence-corrected chi connectivity index (χ1v) is 10.3. The summed E-state index contributed by atoms with van der Waals surface area (Å²) < 4.78 is 5.01. The summed E-state index contributed by atoms with van der Waals surface area (Å²) in [7, 11) is 0. The number of nitrogens with two attached hydrogens (primary N) is 1. The molecule has 6 nitrogen and oxygen atoms in total. The number of nitrogens with one attached hydrogen (secondary N) is 1. The van der Waals surface area contributed by atoms with Crippen LogP contribution < -0.4 is 11.1 Å². The van der Waals surface area contributed by atoms with E-state index < -0.39 is 24.4 Å². The Morgan fingerprint density at radius 3 is 2.79 bits per heavy atom. The van der Waals surface area contributed by atoms with E-state index in [0.29, 0.717) is 16.5 Å². The molecule has 1 aliphatic carbocycles. The summed E-state index contributed by atoms with van der Waals surface area (Å²) >= 11 is 1.38. The Morgan fingerprint density at radius 2 is 2.07 bits per heavy atom. The highest BCUT2D eigenvalue weighted by Gasteiger charge is 2.27. The van der Waals surface area contributed by atoms with E-state index in [2.05, 4.69) is 12.2 Å². The van der Waals surface area contributed by atoms with Crippen LogP contribution in [-0.4, -0.2) is 24.4 Å². The lowest BCUT2D eigenvalue weighted by atomic mass is 9.88. The number of fused-ring (bicyclic) bond motifs is 1. The van der Waals surface area contributed by atoms with Gasteiger partial charge in [0.25, 0.3) is 11.8 Å². The summed E-state index contributed by atoms with van der Waals surface area (Å²) in [5, 5.41) is 3.12. The number of amides is 2. The van der Waals surface area contributed by atoms with Crippen LogP contribution in [0, 0.1) is 12.8 Å². The number of carbonyl (C=O) groups excluding carboxylic acids is 3. The van der Waals surface area contributed by atoms with Crippen molar-refractivity contribution in [2.75, 3.05) is 11.9 Å². The Kier molecular flexibility index (Phi) is 6.49. The number of thiophene rings is 1. The highest BCUT2D eigenvalue weighted by molar-refractivity contribution is 7.17. The molecular weight excluding hydrogens is 388 g/mol. The largest absolute Gasteiger partial charge is 0.452 e. The van der Waals surface area contributed by atoms with Gasteiger partial charge in [0.2, 0.25) is 0 Å². The number of esters is 1. The third kappa shape index (κ3) is 5.12. The molecule has 0 unspecified atom stereocenters. The lowest BCUT2D eigenvalue weighted by Gasteiger charge is -2.18. The van der Waals surface area contributed by atoms with E-state index in [9.17, 15) is 14.4 Å². The van der Waals surface area contributed by atoms with Gasteiger partial charge in [-0.1, -0.05) is 31.2 Å². The van der Waals surface area contributed by atoms with Crippen LogP contribution in [0.4, 0.5) is 5.00 Å². The molecule has 1 aromatic carbocycles. The fourth-order valence-corrected chi connectivity index (χ4v) is 4.81. The summed E-state index contributed by atoms with van der Waals surface area (Å²) in [4.78, 5) is 37.1. The lowest BCUT2D eigenvalue weighted by Crippen LogP contribution is -2.22. The second-order valence-corrected chi connectivity index (χ2v) is 8.37. The summed E-state index contributed by atoms with van der Waals surface area (Å²) in [6, 6.07) is 7.62. The number of hydrogen-bond acceptors (Lipinski definition) is 5. The van der Waals surface area contributed by atoms with E-state index >= 15 is 0 Å².